The Hall–Kier alpha value is -1.39. The molecule has 4 heteroatoms. The minimum atomic E-state index is 0.898. The highest BCUT2D eigenvalue weighted by Crippen LogP contribution is 2.20. The second kappa shape index (κ2) is 8.02. The number of nitrogens with zero attached hydrogens (tertiary/aromatic N) is 2. The first-order valence-electron chi connectivity index (χ1n) is 6.90. The molecule has 20 heavy (non-hydrogen) atoms. The summed E-state index contributed by atoms with van der Waals surface area (Å²) < 4.78 is 1.10. The average Bonchev–Trinajstić information content (AvgIpc) is 2.49. The molecule has 0 aliphatic rings. The SMILES string of the molecule is CCN(CCNc1ccccc1Br)Cc1ccccn1. The fourth-order valence-electron chi connectivity index (χ4n) is 2.02. The van der Waals surface area contributed by atoms with Crippen LogP contribution in [0, 0.1) is 0 Å². The summed E-state index contributed by atoms with van der Waals surface area (Å²) in [4.78, 5) is 6.76. The molecule has 1 aromatic carbocycles. The molecule has 106 valence electrons. The van der Waals surface area contributed by atoms with Gasteiger partial charge in [0.2, 0.25) is 0 Å². The van der Waals surface area contributed by atoms with Crippen molar-refractivity contribution in [2.45, 2.75) is 13.5 Å². The number of aromatic nitrogens is 1. The van der Waals surface area contributed by atoms with Crippen LogP contribution in [-0.4, -0.2) is 29.5 Å². The summed E-state index contributed by atoms with van der Waals surface area (Å²) in [5.74, 6) is 0. The molecule has 0 bridgehead atoms. The number of halogens is 1. The Kier molecular flexibility index (Phi) is 6.02. The Morgan fingerprint density at radius 1 is 1.15 bits per heavy atom. The first-order chi connectivity index (χ1) is 9.79. The van der Waals surface area contributed by atoms with Gasteiger partial charge in [-0.25, -0.2) is 0 Å². The molecule has 0 amide bonds. The van der Waals surface area contributed by atoms with Crippen molar-refractivity contribution >= 4 is 21.6 Å². The van der Waals surface area contributed by atoms with Gasteiger partial charge in [0.05, 0.1) is 5.69 Å². The molecule has 0 spiro atoms. The van der Waals surface area contributed by atoms with Gasteiger partial charge in [0.15, 0.2) is 0 Å². The maximum atomic E-state index is 4.38. The third-order valence-electron chi connectivity index (χ3n) is 3.18. The van der Waals surface area contributed by atoms with Crippen molar-refractivity contribution in [2.24, 2.45) is 0 Å². The number of para-hydroxylation sites is 1. The highest BCUT2D eigenvalue weighted by molar-refractivity contribution is 9.10. The van der Waals surface area contributed by atoms with Gasteiger partial charge in [0.25, 0.3) is 0 Å². The third kappa shape index (κ3) is 4.62. The highest BCUT2D eigenvalue weighted by atomic mass is 79.9. The number of rotatable bonds is 7. The smallest absolute Gasteiger partial charge is 0.0543 e. The first kappa shape index (κ1) is 15.0. The van der Waals surface area contributed by atoms with E-state index in [9.17, 15) is 0 Å². The molecule has 2 rings (SSSR count). The largest absolute Gasteiger partial charge is 0.383 e. The van der Waals surface area contributed by atoms with Crippen molar-refractivity contribution < 1.29 is 0 Å². The van der Waals surface area contributed by atoms with Crippen LogP contribution in [0.25, 0.3) is 0 Å². The van der Waals surface area contributed by atoms with E-state index in [1.54, 1.807) is 0 Å². The van der Waals surface area contributed by atoms with Crippen molar-refractivity contribution in [1.82, 2.24) is 9.88 Å². The van der Waals surface area contributed by atoms with Crippen molar-refractivity contribution in [1.29, 1.82) is 0 Å². The minimum Gasteiger partial charge on any atom is -0.383 e. The molecule has 2 aromatic rings. The Balaban J connectivity index is 1.81. The molecule has 1 aromatic heterocycles. The first-order valence-corrected chi connectivity index (χ1v) is 7.69. The Morgan fingerprint density at radius 3 is 2.65 bits per heavy atom. The van der Waals surface area contributed by atoms with E-state index in [4.69, 9.17) is 0 Å². The molecule has 0 fully saturated rings. The van der Waals surface area contributed by atoms with Gasteiger partial charge < -0.3 is 5.32 Å². The van der Waals surface area contributed by atoms with Gasteiger partial charge >= 0.3 is 0 Å². The van der Waals surface area contributed by atoms with Crippen LogP contribution >= 0.6 is 15.9 Å². The number of pyridine rings is 1. The van der Waals surface area contributed by atoms with Crippen molar-refractivity contribution in [3.8, 4) is 0 Å². The number of anilines is 1. The van der Waals surface area contributed by atoms with E-state index in [1.807, 2.05) is 36.5 Å². The standard InChI is InChI=1S/C16H20BrN3/c1-2-20(13-14-7-5-6-10-18-14)12-11-19-16-9-4-3-8-15(16)17/h3-10,19H,2,11-13H2,1H3. The summed E-state index contributed by atoms with van der Waals surface area (Å²) in [5.41, 5.74) is 2.26. The predicted molar refractivity (Wildman–Crippen MR) is 87.8 cm³/mol. The monoisotopic (exact) mass is 333 g/mol. The fourth-order valence-corrected chi connectivity index (χ4v) is 2.45. The quantitative estimate of drug-likeness (QED) is 0.835. The Bertz CT molecular complexity index is 516. The number of likely N-dealkylation sites (N-methyl/N-ethyl adjacent to an activating group) is 1. The van der Waals surface area contributed by atoms with Crippen LogP contribution < -0.4 is 5.32 Å². The van der Waals surface area contributed by atoms with E-state index in [2.05, 4.69) is 50.2 Å². The van der Waals surface area contributed by atoms with Gasteiger partial charge in [-0.2, -0.15) is 0 Å². The van der Waals surface area contributed by atoms with Gasteiger partial charge in [0, 0.05) is 36.0 Å². The normalized spacial score (nSPS) is 10.8. The lowest BCUT2D eigenvalue weighted by Crippen LogP contribution is -2.29. The lowest BCUT2D eigenvalue weighted by molar-refractivity contribution is 0.287. The second-order valence-electron chi connectivity index (χ2n) is 4.60. The van der Waals surface area contributed by atoms with Gasteiger partial charge in [-0.15, -0.1) is 0 Å². The summed E-state index contributed by atoms with van der Waals surface area (Å²) in [6.45, 7) is 6.02. The average molecular weight is 334 g/mol. The van der Waals surface area contributed by atoms with Crippen LogP contribution in [0.3, 0.4) is 0 Å². The molecule has 3 nitrogen and oxygen atoms in total. The third-order valence-corrected chi connectivity index (χ3v) is 3.87. The van der Waals surface area contributed by atoms with Crippen LogP contribution in [0.2, 0.25) is 0 Å². The van der Waals surface area contributed by atoms with Crippen molar-refractivity contribution in [3.05, 3.63) is 58.8 Å². The van der Waals surface area contributed by atoms with Gasteiger partial charge in [-0.3, -0.25) is 9.88 Å². The zero-order valence-electron chi connectivity index (χ0n) is 11.7. The number of hydrogen-bond donors (Lipinski definition) is 1. The molecule has 0 atom stereocenters. The molecule has 0 saturated heterocycles. The van der Waals surface area contributed by atoms with Crippen LogP contribution in [0.4, 0.5) is 5.69 Å². The number of hydrogen-bond acceptors (Lipinski definition) is 3. The van der Waals surface area contributed by atoms with E-state index in [-0.39, 0.29) is 0 Å². The van der Waals surface area contributed by atoms with E-state index in [0.29, 0.717) is 0 Å². The summed E-state index contributed by atoms with van der Waals surface area (Å²) in [6, 6.07) is 14.3. The van der Waals surface area contributed by atoms with E-state index >= 15 is 0 Å². The maximum Gasteiger partial charge on any atom is 0.0543 e. The van der Waals surface area contributed by atoms with E-state index < -0.39 is 0 Å². The van der Waals surface area contributed by atoms with Crippen LogP contribution in [0.15, 0.2) is 53.1 Å². The van der Waals surface area contributed by atoms with Gasteiger partial charge in [-0.05, 0) is 46.7 Å². The Labute approximate surface area is 129 Å². The predicted octanol–water partition coefficient (Wildman–Crippen LogP) is 3.78. The summed E-state index contributed by atoms with van der Waals surface area (Å²) >= 11 is 3.55. The summed E-state index contributed by atoms with van der Waals surface area (Å²) in [5, 5.41) is 3.45. The molecular formula is C16H20BrN3. The van der Waals surface area contributed by atoms with Gasteiger partial charge in [0.1, 0.15) is 0 Å². The molecule has 0 aliphatic carbocycles. The van der Waals surface area contributed by atoms with Gasteiger partial charge in [-0.1, -0.05) is 25.1 Å². The zero-order valence-corrected chi connectivity index (χ0v) is 13.3. The molecule has 0 saturated carbocycles. The van der Waals surface area contributed by atoms with Crippen LogP contribution in [0.1, 0.15) is 12.6 Å². The highest BCUT2D eigenvalue weighted by Gasteiger charge is 2.04. The zero-order chi connectivity index (χ0) is 14.2. The lowest BCUT2D eigenvalue weighted by atomic mass is 10.3. The van der Waals surface area contributed by atoms with Crippen LogP contribution in [-0.2, 0) is 6.54 Å². The lowest BCUT2D eigenvalue weighted by Gasteiger charge is -2.20. The number of nitrogens with one attached hydrogen (secondary N) is 1. The molecule has 0 aliphatic heterocycles. The summed E-state index contributed by atoms with van der Waals surface area (Å²) in [7, 11) is 0. The molecule has 1 heterocycles. The number of benzene rings is 1. The molecule has 0 radical (unpaired) electrons. The minimum absolute atomic E-state index is 0.898. The summed E-state index contributed by atoms with van der Waals surface area (Å²) in [6.07, 6.45) is 1.85. The molecular weight excluding hydrogens is 314 g/mol. The second-order valence-corrected chi connectivity index (χ2v) is 5.45. The maximum absolute atomic E-state index is 4.38. The Morgan fingerprint density at radius 2 is 1.95 bits per heavy atom. The van der Waals surface area contributed by atoms with Crippen molar-refractivity contribution in [2.75, 3.05) is 25.0 Å². The topological polar surface area (TPSA) is 28.2 Å². The molecule has 1 N–H and O–H groups in total. The van der Waals surface area contributed by atoms with Crippen LogP contribution in [0.5, 0.6) is 0 Å². The van der Waals surface area contributed by atoms with E-state index in [1.165, 1.54) is 0 Å². The van der Waals surface area contributed by atoms with E-state index in [0.717, 1.165) is 42.0 Å². The molecule has 0 unspecified atom stereocenters. The fraction of sp³-hybridized carbons (Fsp3) is 0.312. The van der Waals surface area contributed by atoms with Crippen molar-refractivity contribution in [3.63, 3.8) is 0 Å².